The maximum atomic E-state index is 4.19. The van der Waals surface area contributed by atoms with Crippen molar-refractivity contribution in [1.29, 1.82) is 0 Å². The summed E-state index contributed by atoms with van der Waals surface area (Å²) < 4.78 is 0. The number of anilines is 1. The first-order valence-electron chi connectivity index (χ1n) is 7.08. The molecule has 0 aromatic carbocycles. The van der Waals surface area contributed by atoms with Gasteiger partial charge in [0.1, 0.15) is 0 Å². The van der Waals surface area contributed by atoms with Gasteiger partial charge >= 0.3 is 0 Å². The summed E-state index contributed by atoms with van der Waals surface area (Å²) in [6.07, 6.45) is 5.99. The fraction of sp³-hybridized carbons (Fsp3) is 0.500. The van der Waals surface area contributed by atoms with E-state index in [-0.39, 0.29) is 0 Å². The van der Waals surface area contributed by atoms with Crippen molar-refractivity contribution >= 4 is 5.82 Å². The van der Waals surface area contributed by atoms with Crippen LogP contribution in [0.15, 0.2) is 24.5 Å². The number of hydrogen-bond acceptors (Lipinski definition) is 5. The van der Waals surface area contributed by atoms with Gasteiger partial charge in [-0.25, -0.2) is 0 Å². The van der Waals surface area contributed by atoms with E-state index in [9.17, 15) is 0 Å². The lowest BCUT2D eigenvalue weighted by Gasteiger charge is -2.33. The maximum absolute atomic E-state index is 4.19. The number of rotatable bonds is 4. The van der Waals surface area contributed by atoms with Crippen LogP contribution in [-0.2, 0) is 6.54 Å². The van der Waals surface area contributed by atoms with E-state index < -0.39 is 0 Å². The largest absolute Gasteiger partial charge is 0.354 e. The smallest absolute Gasteiger partial charge is 0.151 e. The van der Waals surface area contributed by atoms with Crippen LogP contribution in [0.25, 0.3) is 0 Å². The second kappa shape index (κ2) is 6.00. The first-order valence-corrected chi connectivity index (χ1v) is 7.08. The van der Waals surface area contributed by atoms with E-state index in [4.69, 9.17) is 0 Å². The molecular weight excluding hydrogens is 252 g/mol. The van der Waals surface area contributed by atoms with E-state index >= 15 is 0 Å². The van der Waals surface area contributed by atoms with Crippen LogP contribution in [0.2, 0.25) is 0 Å². The Balaban J connectivity index is 1.57. The van der Waals surface area contributed by atoms with Crippen LogP contribution in [0.1, 0.15) is 24.1 Å². The van der Waals surface area contributed by atoms with Gasteiger partial charge < -0.3 is 10.2 Å². The molecule has 6 heteroatoms. The molecule has 0 amide bonds. The number of nitrogens with zero attached hydrogens (tertiary/aromatic N) is 4. The molecule has 6 nitrogen and oxygen atoms in total. The Morgan fingerprint density at radius 3 is 3.20 bits per heavy atom. The van der Waals surface area contributed by atoms with Gasteiger partial charge in [-0.2, -0.15) is 10.2 Å². The highest BCUT2D eigenvalue weighted by atomic mass is 15.3. The first kappa shape index (κ1) is 13.1. The Bertz CT molecular complexity index is 538. The number of aryl methyl sites for hydroxylation is 1. The summed E-state index contributed by atoms with van der Waals surface area (Å²) >= 11 is 0. The predicted octanol–water partition coefficient (Wildman–Crippen LogP) is 1.27. The minimum absolute atomic E-state index is 0.486. The Morgan fingerprint density at radius 2 is 2.45 bits per heavy atom. The standard InChI is InChI=1S/C14H20N6/c1-11-12(9-17-18-11)8-15-13-4-3-7-20(10-13)14-5-2-6-16-19-14/h2,5-6,9,13,15H,3-4,7-8,10H2,1H3,(H,17,18)/t13-/m0/s1. The number of hydrogen-bond donors (Lipinski definition) is 2. The van der Waals surface area contributed by atoms with E-state index in [1.54, 1.807) is 6.20 Å². The van der Waals surface area contributed by atoms with E-state index in [2.05, 4.69) is 37.5 Å². The summed E-state index contributed by atoms with van der Waals surface area (Å²) in [5, 5.41) is 18.8. The van der Waals surface area contributed by atoms with Crippen molar-refractivity contribution in [2.75, 3.05) is 18.0 Å². The minimum atomic E-state index is 0.486. The van der Waals surface area contributed by atoms with Crippen molar-refractivity contribution in [3.8, 4) is 0 Å². The van der Waals surface area contributed by atoms with Crippen LogP contribution in [0, 0.1) is 6.92 Å². The van der Waals surface area contributed by atoms with Gasteiger partial charge in [0.15, 0.2) is 5.82 Å². The number of nitrogens with one attached hydrogen (secondary N) is 2. The molecule has 0 aliphatic carbocycles. The SMILES string of the molecule is Cc1[nH]ncc1CN[C@H]1CCCN(c2cccnn2)C1. The van der Waals surface area contributed by atoms with Crippen LogP contribution in [-0.4, -0.2) is 39.5 Å². The second-order valence-electron chi connectivity index (χ2n) is 5.27. The lowest BCUT2D eigenvalue weighted by Crippen LogP contribution is -2.45. The van der Waals surface area contributed by atoms with Gasteiger partial charge in [-0.3, -0.25) is 5.10 Å². The number of aromatic amines is 1. The molecule has 2 aromatic rings. The van der Waals surface area contributed by atoms with Crippen molar-refractivity contribution in [3.63, 3.8) is 0 Å². The Labute approximate surface area is 118 Å². The highest BCUT2D eigenvalue weighted by Gasteiger charge is 2.20. The molecule has 1 aliphatic heterocycles. The Hall–Kier alpha value is -1.95. The zero-order valence-corrected chi connectivity index (χ0v) is 11.7. The van der Waals surface area contributed by atoms with Crippen LogP contribution in [0.5, 0.6) is 0 Å². The zero-order chi connectivity index (χ0) is 13.8. The molecule has 1 atom stereocenters. The molecule has 0 spiro atoms. The first-order chi connectivity index (χ1) is 9.83. The van der Waals surface area contributed by atoms with Gasteiger partial charge in [0.2, 0.25) is 0 Å². The lowest BCUT2D eigenvalue weighted by atomic mass is 10.1. The summed E-state index contributed by atoms with van der Waals surface area (Å²) in [5.74, 6) is 0.971. The monoisotopic (exact) mass is 272 g/mol. The van der Waals surface area contributed by atoms with Gasteiger partial charge in [0.25, 0.3) is 0 Å². The highest BCUT2D eigenvalue weighted by Crippen LogP contribution is 2.17. The molecule has 3 rings (SSSR count). The molecule has 2 N–H and O–H groups in total. The molecule has 20 heavy (non-hydrogen) atoms. The number of H-pyrrole nitrogens is 1. The second-order valence-corrected chi connectivity index (χ2v) is 5.27. The van der Waals surface area contributed by atoms with E-state index in [0.29, 0.717) is 6.04 Å². The molecule has 1 fully saturated rings. The molecule has 2 aromatic heterocycles. The molecule has 1 saturated heterocycles. The van der Waals surface area contributed by atoms with Crippen LogP contribution in [0.4, 0.5) is 5.82 Å². The number of aromatic nitrogens is 4. The third kappa shape index (κ3) is 2.96. The summed E-state index contributed by atoms with van der Waals surface area (Å²) in [6, 6.07) is 4.45. The van der Waals surface area contributed by atoms with Crippen molar-refractivity contribution in [2.24, 2.45) is 0 Å². The van der Waals surface area contributed by atoms with Crippen LogP contribution >= 0.6 is 0 Å². The summed E-state index contributed by atoms with van der Waals surface area (Å²) in [7, 11) is 0. The predicted molar refractivity (Wildman–Crippen MR) is 77.4 cm³/mol. The van der Waals surface area contributed by atoms with Crippen LogP contribution < -0.4 is 10.2 Å². The van der Waals surface area contributed by atoms with Crippen molar-refractivity contribution in [3.05, 3.63) is 35.8 Å². The quantitative estimate of drug-likeness (QED) is 0.877. The third-order valence-corrected chi connectivity index (χ3v) is 3.82. The van der Waals surface area contributed by atoms with E-state index in [1.165, 1.54) is 18.4 Å². The lowest BCUT2D eigenvalue weighted by molar-refractivity contribution is 0.419. The molecule has 0 bridgehead atoms. The summed E-state index contributed by atoms with van der Waals surface area (Å²) in [4.78, 5) is 2.30. The van der Waals surface area contributed by atoms with Crippen molar-refractivity contribution in [1.82, 2.24) is 25.7 Å². The normalized spacial score (nSPS) is 19.2. The maximum Gasteiger partial charge on any atom is 0.151 e. The summed E-state index contributed by atoms with van der Waals surface area (Å²) in [5.41, 5.74) is 2.38. The average Bonchev–Trinajstić information content (AvgIpc) is 2.92. The van der Waals surface area contributed by atoms with Gasteiger partial charge in [0, 0.05) is 43.1 Å². The van der Waals surface area contributed by atoms with Gasteiger partial charge in [-0.15, -0.1) is 5.10 Å². The molecule has 1 aliphatic rings. The van der Waals surface area contributed by atoms with Crippen LogP contribution in [0.3, 0.4) is 0 Å². The number of piperidine rings is 1. The zero-order valence-electron chi connectivity index (χ0n) is 11.7. The Morgan fingerprint density at radius 1 is 1.50 bits per heavy atom. The Kier molecular flexibility index (Phi) is 3.92. The van der Waals surface area contributed by atoms with Gasteiger partial charge in [-0.1, -0.05) is 0 Å². The van der Waals surface area contributed by atoms with Gasteiger partial charge in [-0.05, 0) is 31.9 Å². The molecule has 0 saturated carbocycles. The average molecular weight is 272 g/mol. The molecular formula is C14H20N6. The highest BCUT2D eigenvalue weighted by molar-refractivity contribution is 5.37. The third-order valence-electron chi connectivity index (χ3n) is 3.82. The fourth-order valence-corrected chi connectivity index (χ4v) is 2.62. The van der Waals surface area contributed by atoms with Crippen molar-refractivity contribution < 1.29 is 0 Å². The van der Waals surface area contributed by atoms with E-state index in [0.717, 1.165) is 31.1 Å². The molecule has 0 radical (unpaired) electrons. The topological polar surface area (TPSA) is 69.7 Å². The molecule has 0 unspecified atom stereocenters. The van der Waals surface area contributed by atoms with Crippen molar-refractivity contribution in [2.45, 2.75) is 32.4 Å². The summed E-state index contributed by atoms with van der Waals surface area (Å²) in [6.45, 7) is 4.95. The molecule has 106 valence electrons. The van der Waals surface area contributed by atoms with E-state index in [1.807, 2.05) is 18.3 Å². The minimum Gasteiger partial charge on any atom is -0.354 e. The van der Waals surface area contributed by atoms with Gasteiger partial charge in [0.05, 0.1) is 6.20 Å². The fourth-order valence-electron chi connectivity index (χ4n) is 2.62. The molecule has 3 heterocycles.